The third kappa shape index (κ3) is 4.69. The van der Waals surface area contributed by atoms with E-state index in [4.69, 9.17) is 5.10 Å². The Morgan fingerprint density at radius 1 is 1.03 bits per heavy atom. The van der Waals surface area contributed by atoms with Gasteiger partial charge in [-0.1, -0.05) is 79.9 Å². The van der Waals surface area contributed by atoms with Gasteiger partial charge in [0.2, 0.25) is 5.91 Å². The number of benzene rings is 3. The molecule has 1 aliphatic rings. The molecule has 0 bridgehead atoms. The lowest BCUT2D eigenvalue weighted by atomic mass is 9.76. The number of rotatable bonds is 8. The summed E-state index contributed by atoms with van der Waals surface area (Å²) >= 11 is 0. The number of hydrogen-bond acceptors (Lipinski definition) is 4. The van der Waals surface area contributed by atoms with Crippen LogP contribution in [0.1, 0.15) is 49.8 Å². The maximum atomic E-state index is 13.9. The maximum Gasteiger partial charge on any atom is 0.248 e. The highest BCUT2D eigenvalue weighted by Crippen LogP contribution is 2.41. The van der Waals surface area contributed by atoms with Crippen LogP contribution in [0.4, 0.5) is 5.69 Å². The first-order valence-corrected chi connectivity index (χ1v) is 12.0. The highest BCUT2D eigenvalue weighted by Gasteiger charge is 2.53. The quantitative estimate of drug-likeness (QED) is 0.451. The molecule has 2 unspecified atom stereocenters. The van der Waals surface area contributed by atoms with Crippen LogP contribution in [0.2, 0.25) is 0 Å². The van der Waals surface area contributed by atoms with Crippen molar-refractivity contribution >= 4 is 17.3 Å². The second kappa shape index (κ2) is 10.1. The molecule has 3 aromatic carbocycles. The number of aryl methyl sites for hydroxylation is 1. The molecule has 1 aliphatic heterocycles. The molecule has 0 fully saturated rings. The first kappa shape index (κ1) is 23.6. The van der Waals surface area contributed by atoms with Gasteiger partial charge in [-0.2, -0.15) is 5.10 Å². The van der Waals surface area contributed by atoms with Gasteiger partial charge >= 0.3 is 0 Å². The fourth-order valence-corrected chi connectivity index (χ4v) is 4.63. The Morgan fingerprint density at radius 2 is 1.71 bits per heavy atom. The number of hydrazone groups is 1. The van der Waals surface area contributed by atoms with Crippen molar-refractivity contribution in [2.45, 2.75) is 52.1 Å². The molecule has 3 aromatic rings. The lowest BCUT2D eigenvalue weighted by Crippen LogP contribution is -2.57. The summed E-state index contributed by atoms with van der Waals surface area (Å²) < 4.78 is 0. The average Bonchev–Trinajstić information content (AvgIpc) is 3.16. The number of phenols is 1. The van der Waals surface area contributed by atoms with E-state index < -0.39 is 5.54 Å². The summed E-state index contributed by atoms with van der Waals surface area (Å²) in [5, 5.41) is 19.7. The first-order valence-electron chi connectivity index (χ1n) is 12.0. The Balaban J connectivity index is 1.72. The van der Waals surface area contributed by atoms with E-state index in [-0.39, 0.29) is 17.6 Å². The molecule has 176 valence electrons. The van der Waals surface area contributed by atoms with Crippen molar-refractivity contribution in [1.29, 1.82) is 0 Å². The SMILES string of the molecule is CCCCC1C(c2ccc(C)cc2)=NN(c2ccccc2)C1(C)C(=O)NCc1ccc(O)cc1. The van der Waals surface area contributed by atoms with Crippen LogP contribution in [0.25, 0.3) is 0 Å². The van der Waals surface area contributed by atoms with E-state index in [1.54, 1.807) is 12.1 Å². The molecule has 5 heteroatoms. The summed E-state index contributed by atoms with van der Waals surface area (Å²) in [6.45, 7) is 6.65. The summed E-state index contributed by atoms with van der Waals surface area (Å²) in [7, 11) is 0. The molecule has 2 atom stereocenters. The molecule has 0 saturated heterocycles. The van der Waals surface area contributed by atoms with E-state index in [0.717, 1.165) is 41.8 Å². The number of carbonyl (C=O) groups is 1. The minimum Gasteiger partial charge on any atom is -0.508 e. The maximum absolute atomic E-state index is 13.9. The summed E-state index contributed by atoms with van der Waals surface area (Å²) in [5.41, 5.74) is 4.16. The van der Waals surface area contributed by atoms with E-state index in [9.17, 15) is 9.90 Å². The predicted octanol–water partition coefficient (Wildman–Crippen LogP) is 5.81. The Hall–Kier alpha value is -3.60. The van der Waals surface area contributed by atoms with E-state index in [2.05, 4.69) is 43.4 Å². The molecular weight excluding hydrogens is 422 g/mol. The highest BCUT2D eigenvalue weighted by molar-refractivity contribution is 6.10. The van der Waals surface area contributed by atoms with Gasteiger partial charge in [-0.15, -0.1) is 0 Å². The van der Waals surface area contributed by atoms with Crippen molar-refractivity contribution in [3.05, 3.63) is 95.6 Å². The zero-order chi connectivity index (χ0) is 24.1. The first-order chi connectivity index (χ1) is 16.4. The lowest BCUT2D eigenvalue weighted by molar-refractivity contribution is -0.127. The van der Waals surface area contributed by atoms with Crippen LogP contribution >= 0.6 is 0 Å². The summed E-state index contributed by atoms with van der Waals surface area (Å²) in [6, 6.07) is 25.3. The summed E-state index contributed by atoms with van der Waals surface area (Å²) in [4.78, 5) is 13.9. The molecule has 1 amide bonds. The van der Waals surface area contributed by atoms with Gasteiger partial charge in [-0.25, -0.2) is 5.01 Å². The Kier molecular flexibility index (Phi) is 7.01. The number of phenolic OH excluding ortho intramolecular Hbond substituents is 1. The van der Waals surface area contributed by atoms with Gasteiger partial charge in [-0.05, 0) is 55.7 Å². The number of unbranched alkanes of at least 4 members (excludes halogenated alkanes) is 1. The van der Waals surface area contributed by atoms with Gasteiger partial charge in [0.25, 0.3) is 0 Å². The Bertz CT molecular complexity index is 1140. The van der Waals surface area contributed by atoms with Gasteiger partial charge < -0.3 is 10.4 Å². The van der Waals surface area contributed by atoms with Crippen molar-refractivity contribution in [3.63, 3.8) is 0 Å². The van der Waals surface area contributed by atoms with Crippen LogP contribution in [0.3, 0.4) is 0 Å². The molecule has 0 saturated carbocycles. The normalized spacial score (nSPS) is 19.7. The fourth-order valence-electron chi connectivity index (χ4n) is 4.63. The van der Waals surface area contributed by atoms with Crippen LogP contribution in [-0.4, -0.2) is 22.3 Å². The highest BCUT2D eigenvalue weighted by atomic mass is 16.3. The van der Waals surface area contributed by atoms with Crippen LogP contribution in [0.15, 0.2) is 84.0 Å². The smallest absolute Gasteiger partial charge is 0.248 e. The minimum absolute atomic E-state index is 0.0589. The van der Waals surface area contributed by atoms with Crippen LogP contribution in [-0.2, 0) is 11.3 Å². The number of amides is 1. The minimum atomic E-state index is -0.881. The van der Waals surface area contributed by atoms with Gasteiger partial charge in [0.05, 0.1) is 11.4 Å². The molecule has 34 heavy (non-hydrogen) atoms. The van der Waals surface area contributed by atoms with Crippen molar-refractivity contribution in [1.82, 2.24) is 5.32 Å². The molecule has 2 N–H and O–H groups in total. The largest absolute Gasteiger partial charge is 0.508 e. The van der Waals surface area contributed by atoms with Crippen LogP contribution in [0.5, 0.6) is 5.75 Å². The summed E-state index contributed by atoms with van der Waals surface area (Å²) in [5.74, 6) is 0.0930. The molecule has 0 aromatic heterocycles. The van der Waals surface area contributed by atoms with Crippen LogP contribution in [0, 0.1) is 12.8 Å². The van der Waals surface area contributed by atoms with Crippen molar-refractivity contribution in [3.8, 4) is 5.75 Å². The van der Waals surface area contributed by atoms with E-state index in [1.165, 1.54) is 5.56 Å². The second-order valence-electron chi connectivity index (χ2n) is 9.19. The molecule has 1 heterocycles. The third-order valence-electron chi connectivity index (χ3n) is 6.70. The van der Waals surface area contributed by atoms with Crippen molar-refractivity contribution in [2.75, 3.05) is 5.01 Å². The van der Waals surface area contributed by atoms with Crippen molar-refractivity contribution < 1.29 is 9.90 Å². The molecular formula is C29H33N3O2. The summed E-state index contributed by atoms with van der Waals surface area (Å²) in [6.07, 6.45) is 2.93. The second-order valence-corrected chi connectivity index (χ2v) is 9.19. The number of anilines is 1. The number of para-hydroxylation sites is 1. The predicted molar refractivity (Wildman–Crippen MR) is 138 cm³/mol. The number of aromatic hydroxyl groups is 1. The lowest BCUT2D eigenvalue weighted by Gasteiger charge is -2.37. The fraction of sp³-hybridized carbons (Fsp3) is 0.310. The van der Waals surface area contributed by atoms with Gasteiger partial charge in [0.1, 0.15) is 11.3 Å². The van der Waals surface area contributed by atoms with Gasteiger partial charge in [0.15, 0.2) is 0 Å². The Labute approximate surface area is 202 Å². The number of nitrogens with one attached hydrogen (secondary N) is 1. The van der Waals surface area contributed by atoms with E-state index in [0.29, 0.717) is 6.54 Å². The molecule has 0 aliphatic carbocycles. The average molecular weight is 456 g/mol. The van der Waals surface area contributed by atoms with Gasteiger partial charge in [0, 0.05) is 12.5 Å². The standard InChI is InChI=1S/C29H33N3O2/c1-4-5-11-26-27(23-16-12-21(2)13-17-23)31-32(24-9-7-6-8-10-24)29(26,3)28(34)30-20-22-14-18-25(33)19-15-22/h6-10,12-19,26,33H,4-5,11,20H2,1-3H3,(H,30,34). The molecule has 0 radical (unpaired) electrons. The third-order valence-corrected chi connectivity index (χ3v) is 6.70. The van der Waals surface area contributed by atoms with Crippen molar-refractivity contribution in [2.24, 2.45) is 11.0 Å². The van der Waals surface area contributed by atoms with E-state index in [1.807, 2.05) is 54.4 Å². The number of hydrogen-bond donors (Lipinski definition) is 2. The number of carbonyl (C=O) groups excluding carboxylic acids is 1. The van der Waals surface area contributed by atoms with E-state index >= 15 is 0 Å². The molecule has 4 rings (SSSR count). The zero-order valence-corrected chi connectivity index (χ0v) is 20.2. The topological polar surface area (TPSA) is 64.9 Å². The number of nitrogens with zero attached hydrogens (tertiary/aromatic N) is 2. The monoisotopic (exact) mass is 455 g/mol. The van der Waals surface area contributed by atoms with Gasteiger partial charge in [-0.3, -0.25) is 4.79 Å². The Morgan fingerprint density at radius 3 is 2.35 bits per heavy atom. The molecule has 0 spiro atoms. The zero-order valence-electron chi connectivity index (χ0n) is 20.2. The molecule has 5 nitrogen and oxygen atoms in total. The van der Waals surface area contributed by atoms with Crippen LogP contribution < -0.4 is 10.3 Å².